The fraction of sp³-hybridized carbons (Fsp3) is 0.250. The second-order valence-corrected chi connectivity index (χ2v) is 6.07. The van der Waals surface area contributed by atoms with E-state index in [9.17, 15) is 13.2 Å². The number of sulfonamides is 1. The van der Waals surface area contributed by atoms with Gasteiger partial charge >= 0.3 is 5.97 Å². The molecule has 0 bridgehead atoms. The quantitative estimate of drug-likeness (QED) is 0.748. The first-order valence-corrected chi connectivity index (χ1v) is 7.62. The largest absolute Gasteiger partial charge is 0.480 e. The second-order valence-electron chi connectivity index (χ2n) is 4.32. The van der Waals surface area contributed by atoms with E-state index in [4.69, 9.17) is 5.11 Å². The molecule has 0 aliphatic carbocycles. The van der Waals surface area contributed by atoms with Gasteiger partial charge in [-0.25, -0.2) is 13.1 Å². The number of carboxylic acids is 1. The Hall–Kier alpha value is -2.26. The fourth-order valence-electron chi connectivity index (χ4n) is 1.70. The molecule has 0 radical (unpaired) electrons. The van der Waals surface area contributed by atoms with E-state index in [-0.39, 0.29) is 12.1 Å². The number of pyridine rings is 1. The minimum absolute atomic E-state index is 0.0237. The van der Waals surface area contributed by atoms with Crippen LogP contribution in [0.5, 0.6) is 0 Å². The number of aliphatic carboxylic acids is 1. The highest BCUT2D eigenvalue weighted by atomic mass is 32.2. The molecule has 0 saturated carbocycles. The summed E-state index contributed by atoms with van der Waals surface area (Å²) in [4.78, 5) is 15.0. The molecule has 9 heteroatoms. The van der Waals surface area contributed by atoms with Crippen molar-refractivity contribution in [2.24, 2.45) is 0 Å². The van der Waals surface area contributed by atoms with Gasteiger partial charge in [0.2, 0.25) is 10.0 Å². The van der Waals surface area contributed by atoms with Crippen LogP contribution < -0.4 is 4.72 Å². The molecular weight excluding hydrogens is 298 g/mol. The molecule has 112 valence electrons. The predicted molar refractivity (Wildman–Crippen MR) is 71.6 cm³/mol. The van der Waals surface area contributed by atoms with E-state index < -0.39 is 27.8 Å². The van der Waals surface area contributed by atoms with Crippen LogP contribution in [0.1, 0.15) is 11.3 Å². The van der Waals surface area contributed by atoms with Gasteiger partial charge in [-0.2, -0.15) is 0 Å². The van der Waals surface area contributed by atoms with Gasteiger partial charge in [0.1, 0.15) is 18.1 Å². The first-order chi connectivity index (χ1) is 9.96. The van der Waals surface area contributed by atoms with E-state index in [1.807, 2.05) is 0 Å². The molecule has 2 aromatic rings. The number of nitrogens with one attached hydrogen (secondary N) is 1. The molecule has 0 saturated heterocycles. The van der Waals surface area contributed by atoms with Crippen molar-refractivity contribution in [2.45, 2.75) is 18.2 Å². The van der Waals surface area contributed by atoms with Crippen LogP contribution in [0.3, 0.4) is 0 Å². The molecular formula is C12H13N3O5S. The third-order valence-corrected chi connectivity index (χ3v) is 3.96. The Bertz CT molecular complexity index is 685. The summed E-state index contributed by atoms with van der Waals surface area (Å²) in [6, 6.07) is 3.39. The van der Waals surface area contributed by atoms with Crippen LogP contribution in [-0.2, 0) is 27.0 Å². The zero-order valence-corrected chi connectivity index (χ0v) is 11.7. The van der Waals surface area contributed by atoms with Gasteiger partial charge in [0.05, 0.1) is 5.69 Å². The molecule has 0 spiro atoms. The smallest absolute Gasteiger partial charge is 0.322 e. The summed E-state index contributed by atoms with van der Waals surface area (Å²) in [5.74, 6) is -1.69. The van der Waals surface area contributed by atoms with E-state index >= 15 is 0 Å². The van der Waals surface area contributed by atoms with Crippen molar-refractivity contribution in [3.8, 4) is 0 Å². The molecule has 0 aliphatic rings. The average molecular weight is 311 g/mol. The summed E-state index contributed by atoms with van der Waals surface area (Å²) in [7, 11) is -3.84. The molecule has 0 fully saturated rings. The topological polar surface area (TPSA) is 122 Å². The van der Waals surface area contributed by atoms with Gasteiger partial charge in [-0.05, 0) is 24.1 Å². The van der Waals surface area contributed by atoms with Crippen LogP contribution in [0.4, 0.5) is 0 Å². The van der Waals surface area contributed by atoms with Crippen molar-refractivity contribution in [3.63, 3.8) is 0 Å². The Morgan fingerprint density at radius 3 is 2.62 bits per heavy atom. The summed E-state index contributed by atoms with van der Waals surface area (Å²) in [6.45, 7) is 0. The predicted octanol–water partition coefficient (Wildman–Crippen LogP) is 0.185. The third-order valence-electron chi connectivity index (χ3n) is 2.64. The van der Waals surface area contributed by atoms with Gasteiger partial charge in [0.15, 0.2) is 0 Å². The first kappa shape index (κ1) is 15.1. The van der Waals surface area contributed by atoms with Gasteiger partial charge in [-0.1, -0.05) is 5.16 Å². The molecule has 0 amide bonds. The van der Waals surface area contributed by atoms with Gasteiger partial charge in [0, 0.05) is 18.5 Å². The van der Waals surface area contributed by atoms with Crippen LogP contribution in [0.25, 0.3) is 0 Å². The van der Waals surface area contributed by atoms with E-state index in [2.05, 4.69) is 19.4 Å². The van der Waals surface area contributed by atoms with E-state index in [0.29, 0.717) is 5.56 Å². The highest BCUT2D eigenvalue weighted by Gasteiger charge is 2.25. The molecule has 21 heavy (non-hydrogen) atoms. The van der Waals surface area contributed by atoms with Crippen molar-refractivity contribution in [2.75, 3.05) is 0 Å². The van der Waals surface area contributed by atoms with Crippen molar-refractivity contribution < 1.29 is 22.8 Å². The van der Waals surface area contributed by atoms with E-state index in [0.717, 1.165) is 0 Å². The van der Waals surface area contributed by atoms with Crippen molar-refractivity contribution in [1.82, 2.24) is 14.9 Å². The molecule has 2 aromatic heterocycles. The van der Waals surface area contributed by atoms with Crippen LogP contribution in [0.15, 0.2) is 41.4 Å². The summed E-state index contributed by atoms with van der Waals surface area (Å²) in [5.41, 5.74) is 0.872. The second kappa shape index (κ2) is 6.46. The Balaban J connectivity index is 2.07. The number of carboxylic acid groups (broad SMARTS) is 1. The third kappa shape index (κ3) is 4.65. The summed E-state index contributed by atoms with van der Waals surface area (Å²) < 4.78 is 30.6. The lowest BCUT2D eigenvalue weighted by Gasteiger charge is -2.14. The maximum Gasteiger partial charge on any atom is 0.322 e. The summed E-state index contributed by atoms with van der Waals surface area (Å²) in [5, 5.41) is 12.6. The zero-order valence-electron chi connectivity index (χ0n) is 10.8. The lowest BCUT2D eigenvalue weighted by molar-refractivity contribution is -0.138. The fourth-order valence-corrected chi connectivity index (χ4v) is 2.94. The molecule has 1 unspecified atom stereocenters. The summed E-state index contributed by atoms with van der Waals surface area (Å²) in [6.07, 6.45) is 4.29. The van der Waals surface area contributed by atoms with Crippen LogP contribution in [-0.4, -0.2) is 35.7 Å². The van der Waals surface area contributed by atoms with Gasteiger partial charge in [-0.3, -0.25) is 9.78 Å². The van der Waals surface area contributed by atoms with E-state index in [1.54, 1.807) is 12.1 Å². The highest BCUT2D eigenvalue weighted by Crippen LogP contribution is 2.06. The zero-order chi connectivity index (χ0) is 15.3. The molecule has 0 aliphatic heterocycles. The van der Waals surface area contributed by atoms with E-state index in [1.165, 1.54) is 24.7 Å². The minimum atomic E-state index is -3.84. The average Bonchev–Trinajstić information content (AvgIpc) is 2.91. The molecule has 2 N–H and O–H groups in total. The maximum atomic E-state index is 11.9. The number of rotatable bonds is 7. The number of nitrogens with zero attached hydrogens (tertiary/aromatic N) is 2. The summed E-state index contributed by atoms with van der Waals surface area (Å²) >= 11 is 0. The van der Waals surface area contributed by atoms with Gasteiger partial charge in [0.25, 0.3) is 0 Å². The van der Waals surface area contributed by atoms with Crippen molar-refractivity contribution in [3.05, 3.63) is 48.1 Å². The van der Waals surface area contributed by atoms with Gasteiger partial charge < -0.3 is 9.63 Å². The first-order valence-electron chi connectivity index (χ1n) is 5.97. The van der Waals surface area contributed by atoms with Crippen LogP contribution in [0.2, 0.25) is 0 Å². The van der Waals surface area contributed by atoms with Crippen molar-refractivity contribution >= 4 is 16.0 Å². The maximum absolute atomic E-state index is 11.9. The number of aromatic nitrogens is 2. The minimum Gasteiger partial charge on any atom is -0.480 e. The highest BCUT2D eigenvalue weighted by molar-refractivity contribution is 7.88. The molecule has 2 rings (SSSR count). The van der Waals surface area contributed by atoms with Crippen LogP contribution in [0, 0.1) is 0 Å². The number of hydrogen-bond donors (Lipinski definition) is 2. The van der Waals surface area contributed by atoms with Crippen molar-refractivity contribution in [1.29, 1.82) is 0 Å². The monoisotopic (exact) mass is 311 g/mol. The standard InChI is InChI=1S/C12H13N3O5S/c16-12(17)11(7-9-1-4-13-5-2-9)15-21(18,19)8-10-3-6-20-14-10/h1-6,11,15H,7-8H2,(H,16,17). The Morgan fingerprint density at radius 2 is 2.05 bits per heavy atom. The number of carbonyl (C=O) groups is 1. The molecule has 1 atom stereocenters. The normalized spacial score (nSPS) is 13.0. The Morgan fingerprint density at radius 1 is 1.33 bits per heavy atom. The Labute approximate surface area is 120 Å². The Kier molecular flexibility index (Phi) is 4.66. The van der Waals surface area contributed by atoms with Crippen LogP contribution >= 0.6 is 0 Å². The molecule has 8 nitrogen and oxygen atoms in total. The van der Waals surface area contributed by atoms with Gasteiger partial charge in [-0.15, -0.1) is 0 Å². The SMILES string of the molecule is O=C(O)C(Cc1ccncc1)NS(=O)(=O)Cc1ccon1. The lowest BCUT2D eigenvalue weighted by Crippen LogP contribution is -2.42. The number of hydrogen-bond acceptors (Lipinski definition) is 6. The lowest BCUT2D eigenvalue weighted by atomic mass is 10.1. The molecule has 0 aromatic carbocycles. The molecule has 2 heterocycles.